The minimum Gasteiger partial charge on any atom is -0.494 e. The van der Waals surface area contributed by atoms with Crippen LogP contribution in [0, 0.1) is 0 Å². The lowest BCUT2D eigenvalue weighted by molar-refractivity contribution is -0.126. The molecular weight excluding hydrogens is 238 g/mol. The fourth-order valence-corrected chi connectivity index (χ4v) is 0.936. The lowest BCUT2D eigenvalue weighted by Crippen LogP contribution is -1.84. The lowest BCUT2D eigenvalue weighted by Gasteiger charge is -1.98. The number of methoxy groups -OCH3 is 2. The van der Waals surface area contributed by atoms with Gasteiger partial charge in [-0.3, -0.25) is 4.79 Å². The van der Waals surface area contributed by atoms with E-state index in [2.05, 4.69) is 25.7 Å². The molecule has 0 unspecified atom stereocenters. The van der Waals surface area contributed by atoms with Crippen molar-refractivity contribution in [3.05, 3.63) is 22.9 Å². The van der Waals surface area contributed by atoms with E-state index in [9.17, 15) is 0 Å². The van der Waals surface area contributed by atoms with Gasteiger partial charge in [0.1, 0.15) is 4.60 Å². The van der Waals surface area contributed by atoms with Crippen molar-refractivity contribution in [2.75, 3.05) is 14.2 Å². The van der Waals surface area contributed by atoms with Crippen molar-refractivity contribution in [1.29, 1.82) is 0 Å². The van der Waals surface area contributed by atoms with E-state index in [4.69, 9.17) is 9.53 Å². The fraction of sp³-hybridized carbons (Fsp3) is 0.250. The molecule has 1 rings (SSSR count). The number of nitrogens with zero attached hydrogens (tertiary/aromatic N) is 1. The molecule has 0 aromatic carbocycles. The molecule has 0 amide bonds. The molecule has 1 aromatic rings. The number of ether oxygens (including phenoxy) is 2. The standard InChI is InChI=1S/C6H6BrNO.C2H4O2/c1-9-5-3-2-4-8-6(5)7;1-4-2-3/h2-4H,1H3;2H,1H3. The zero-order chi connectivity index (χ0) is 10.1. The molecule has 0 spiro atoms. The fourth-order valence-electron chi connectivity index (χ4n) is 0.524. The number of rotatable bonds is 2. The average molecular weight is 248 g/mol. The van der Waals surface area contributed by atoms with Crippen LogP contribution in [0.25, 0.3) is 0 Å². The zero-order valence-corrected chi connectivity index (χ0v) is 8.95. The second-order valence-corrected chi connectivity index (χ2v) is 2.58. The Morgan fingerprint density at radius 2 is 2.15 bits per heavy atom. The Morgan fingerprint density at radius 1 is 1.54 bits per heavy atom. The van der Waals surface area contributed by atoms with Crippen LogP contribution >= 0.6 is 15.9 Å². The van der Waals surface area contributed by atoms with E-state index in [-0.39, 0.29) is 0 Å². The first kappa shape index (κ1) is 11.9. The Morgan fingerprint density at radius 3 is 2.46 bits per heavy atom. The van der Waals surface area contributed by atoms with Crippen molar-refractivity contribution in [2.45, 2.75) is 0 Å². The van der Waals surface area contributed by atoms with Crippen molar-refractivity contribution in [2.24, 2.45) is 0 Å². The Balaban J connectivity index is 0.000000310. The second kappa shape index (κ2) is 7.54. The predicted molar refractivity (Wildman–Crippen MR) is 51.6 cm³/mol. The minimum atomic E-state index is 0.375. The van der Waals surface area contributed by atoms with E-state index < -0.39 is 0 Å². The number of halogens is 1. The SMILES string of the molecule is COC=O.COc1cccnc1Br. The molecule has 4 nitrogen and oxygen atoms in total. The van der Waals surface area contributed by atoms with Crippen LogP contribution in [-0.2, 0) is 9.53 Å². The lowest BCUT2D eigenvalue weighted by atomic mass is 10.5. The van der Waals surface area contributed by atoms with Crippen LogP contribution in [0.3, 0.4) is 0 Å². The molecule has 1 aromatic heterocycles. The first-order chi connectivity index (χ1) is 6.26. The minimum absolute atomic E-state index is 0.375. The molecule has 0 radical (unpaired) electrons. The highest BCUT2D eigenvalue weighted by molar-refractivity contribution is 9.10. The molecule has 0 atom stereocenters. The van der Waals surface area contributed by atoms with Gasteiger partial charge in [0.25, 0.3) is 6.47 Å². The average Bonchev–Trinajstić information content (AvgIpc) is 2.19. The predicted octanol–water partition coefficient (Wildman–Crippen LogP) is 1.64. The van der Waals surface area contributed by atoms with Crippen LogP contribution < -0.4 is 4.74 Å². The van der Waals surface area contributed by atoms with Gasteiger partial charge >= 0.3 is 0 Å². The number of hydrogen-bond acceptors (Lipinski definition) is 4. The van der Waals surface area contributed by atoms with E-state index in [1.807, 2.05) is 12.1 Å². The van der Waals surface area contributed by atoms with Gasteiger partial charge in [-0.2, -0.15) is 0 Å². The summed E-state index contributed by atoms with van der Waals surface area (Å²) in [5.74, 6) is 0.762. The molecule has 0 saturated heterocycles. The van der Waals surface area contributed by atoms with Gasteiger partial charge in [-0.15, -0.1) is 0 Å². The summed E-state index contributed by atoms with van der Waals surface area (Å²) in [6.45, 7) is 0.375. The van der Waals surface area contributed by atoms with E-state index in [0.29, 0.717) is 6.47 Å². The summed E-state index contributed by atoms with van der Waals surface area (Å²) in [5.41, 5.74) is 0. The summed E-state index contributed by atoms with van der Waals surface area (Å²) in [5, 5.41) is 0. The summed E-state index contributed by atoms with van der Waals surface area (Å²) < 4.78 is 9.54. The Kier molecular flexibility index (Phi) is 6.91. The maximum atomic E-state index is 8.95. The molecule has 0 aliphatic carbocycles. The summed E-state index contributed by atoms with van der Waals surface area (Å²) in [6, 6.07) is 3.67. The van der Waals surface area contributed by atoms with Crippen LogP contribution in [0.2, 0.25) is 0 Å². The molecule has 0 saturated carbocycles. The molecule has 0 aliphatic rings. The van der Waals surface area contributed by atoms with Gasteiger partial charge in [0.05, 0.1) is 14.2 Å². The van der Waals surface area contributed by atoms with E-state index in [0.717, 1.165) is 10.4 Å². The highest BCUT2D eigenvalue weighted by atomic mass is 79.9. The quantitative estimate of drug-likeness (QED) is 0.589. The van der Waals surface area contributed by atoms with Crippen molar-refractivity contribution in [3.8, 4) is 5.75 Å². The number of hydrogen-bond donors (Lipinski definition) is 0. The van der Waals surface area contributed by atoms with Crippen LogP contribution in [-0.4, -0.2) is 25.7 Å². The number of pyridine rings is 1. The molecule has 5 heteroatoms. The van der Waals surface area contributed by atoms with Gasteiger partial charge in [0.2, 0.25) is 0 Å². The zero-order valence-electron chi connectivity index (χ0n) is 7.36. The molecule has 72 valence electrons. The summed E-state index contributed by atoms with van der Waals surface area (Å²) >= 11 is 3.22. The second-order valence-electron chi connectivity index (χ2n) is 1.83. The molecule has 0 bridgehead atoms. The van der Waals surface area contributed by atoms with Crippen LogP contribution in [0.1, 0.15) is 0 Å². The van der Waals surface area contributed by atoms with Crippen LogP contribution in [0.15, 0.2) is 22.9 Å². The smallest absolute Gasteiger partial charge is 0.292 e. The Labute approximate surface area is 85.0 Å². The maximum absolute atomic E-state index is 8.95. The third-order valence-corrected chi connectivity index (χ3v) is 1.64. The molecule has 1 heterocycles. The van der Waals surface area contributed by atoms with Gasteiger partial charge in [0, 0.05) is 6.20 Å². The first-order valence-electron chi connectivity index (χ1n) is 3.37. The Bertz CT molecular complexity index is 255. The van der Waals surface area contributed by atoms with E-state index in [1.54, 1.807) is 13.3 Å². The first-order valence-corrected chi connectivity index (χ1v) is 4.16. The van der Waals surface area contributed by atoms with Crippen molar-refractivity contribution in [3.63, 3.8) is 0 Å². The molecule has 13 heavy (non-hydrogen) atoms. The Hall–Kier alpha value is -1.10. The van der Waals surface area contributed by atoms with Gasteiger partial charge in [-0.1, -0.05) is 0 Å². The van der Waals surface area contributed by atoms with Crippen LogP contribution in [0.4, 0.5) is 0 Å². The normalized spacial score (nSPS) is 7.92. The number of carbonyl (C=O) groups is 1. The molecular formula is C8H10BrNO3. The molecule has 0 fully saturated rings. The highest BCUT2D eigenvalue weighted by Crippen LogP contribution is 2.19. The summed E-state index contributed by atoms with van der Waals surface area (Å²) in [6.07, 6.45) is 1.70. The largest absolute Gasteiger partial charge is 0.494 e. The highest BCUT2D eigenvalue weighted by Gasteiger charge is 1.94. The van der Waals surface area contributed by atoms with E-state index in [1.165, 1.54) is 7.11 Å². The third-order valence-electron chi connectivity index (χ3n) is 1.04. The third kappa shape index (κ3) is 5.19. The van der Waals surface area contributed by atoms with Crippen molar-refractivity contribution in [1.82, 2.24) is 4.98 Å². The van der Waals surface area contributed by atoms with E-state index >= 15 is 0 Å². The topological polar surface area (TPSA) is 48.4 Å². The number of aromatic nitrogens is 1. The monoisotopic (exact) mass is 247 g/mol. The van der Waals surface area contributed by atoms with Gasteiger partial charge < -0.3 is 9.47 Å². The van der Waals surface area contributed by atoms with Crippen molar-refractivity contribution < 1.29 is 14.3 Å². The summed E-state index contributed by atoms with van der Waals surface area (Å²) in [7, 11) is 2.93. The summed E-state index contributed by atoms with van der Waals surface area (Å²) in [4.78, 5) is 12.9. The molecule has 0 N–H and O–H groups in total. The van der Waals surface area contributed by atoms with Gasteiger partial charge in [0.15, 0.2) is 5.75 Å². The van der Waals surface area contributed by atoms with Crippen LogP contribution in [0.5, 0.6) is 5.75 Å². The number of carbonyl (C=O) groups excluding carboxylic acids is 1. The van der Waals surface area contributed by atoms with Crippen molar-refractivity contribution >= 4 is 22.4 Å². The molecule has 0 aliphatic heterocycles. The van der Waals surface area contributed by atoms with Gasteiger partial charge in [-0.25, -0.2) is 4.98 Å². The maximum Gasteiger partial charge on any atom is 0.292 e. The van der Waals surface area contributed by atoms with Gasteiger partial charge in [-0.05, 0) is 28.1 Å².